The van der Waals surface area contributed by atoms with Crippen molar-refractivity contribution in [1.82, 2.24) is 19.1 Å². The van der Waals surface area contributed by atoms with Crippen molar-refractivity contribution >= 4 is 56.9 Å². The van der Waals surface area contributed by atoms with Gasteiger partial charge in [-0.2, -0.15) is 10.1 Å². The number of anilines is 1. The zero-order valence-electron chi connectivity index (χ0n) is 15.7. The first-order valence-corrected chi connectivity index (χ1v) is 9.77. The van der Waals surface area contributed by atoms with Crippen LogP contribution in [-0.4, -0.2) is 25.3 Å². The Morgan fingerprint density at radius 1 is 1.34 bits per heavy atom. The van der Waals surface area contributed by atoms with Gasteiger partial charge in [0.25, 0.3) is 5.56 Å². The lowest BCUT2D eigenvalue weighted by Gasteiger charge is -2.05. The third-order valence-corrected chi connectivity index (χ3v) is 4.61. The van der Waals surface area contributed by atoms with Gasteiger partial charge < -0.3 is 0 Å². The van der Waals surface area contributed by atoms with Crippen molar-refractivity contribution in [3.63, 3.8) is 0 Å². The number of hydrogen-bond acceptors (Lipinski definition) is 5. The van der Waals surface area contributed by atoms with Crippen molar-refractivity contribution in [3.8, 4) is 0 Å². The summed E-state index contributed by atoms with van der Waals surface area (Å²) in [6.45, 7) is 2.02. The number of imidazole rings is 1. The fourth-order valence-electron chi connectivity index (χ4n) is 2.61. The molecule has 29 heavy (non-hydrogen) atoms. The fourth-order valence-corrected chi connectivity index (χ4v) is 3.05. The molecule has 0 aliphatic rings. The lowest BCUT2D eigenvalue weighted by molar-refractivity contribution is 0.818. The van der Waals surface area contributed by atoms with Gasteiger partial charge in [-0.1, -0.05) is 48.0 Å². The molecular formula is C19H18BrClN6O2. The van der Waals surface area contributed by atoms with E-state index in [4.69, 9.17) is 11.6 Å². The molecule has 2 heterocycles. The second kappa shape index (κ2) is 9.06. The molecular weight excluding hydrogens is 460 g/mol. The van der Waals surface area contributed by atoms with Crippen LogP contribution in [0, 0.1) is 0 Å². The highest BCUT2D eigenvalue weighted by Crippen LogP contribution is 2.17. The van der Waals surface area contributed by atoms with E-state index in [1.54, 1.807) is 23.8 Å². The van der Waals surface area contributed by atoms with Crippen LogP contribution in [0.4, 0.5) is 5.95 Å². The van der Waals surface area contributed by atoms with Crippen LogP contribution >= 0.6 is 27.5 Å². The van der Waals surface area contributed by atoms with Crippen LogP contribution in [0.3, 0.4) is 0 Å². The highest BCUT2D eigenvalue weighted by Gasteiger charge is 2.16. The molecule has 3 aromatic rings. The third-order valence-electron chi connectivity index (χ3n) is 4.02. The van der Waals surface area contributed by atoms with Gasteiger partial charge >= 0.3 is 5.69 Å². The van der Waals surface area contributed by atoms with Gasteiger partial charge in [-0.25, -0.2) is 10.2 Å². The summed E-state index contributed by atoms with van der Waals surface area (Å²) in [6, 6.07) is 9.76. The smallest absolute Gasteiger partial charge is 0.299 e. The summed E-state index contributed by atoms with van der Waals surface area (Å²) in [5, 5.41) is 4.74. The quantitative estimate of drug-likeness (QED) is 0.420. The molecule has 150 valence electrons. The Hall–Kier alpha value is -2.91. The van der Waals surface area contributed by atoms with Gasteiger partial charge in [-0.15, -0.1) is 0 Å². The number of hydrogen-bond donors (Lipinski definition) is 2. The molecule has 0 fully saturated rings. The van der Waals surface area contributed by atoms with Crippen LogP contribution in [0.2, 0.25) is 0 Å². The summed E-state index contributed by atoms with van der Waals surface area (Å²) >= 11 is 9.38. The number of hydrazone groups is 1. The van der Waals surface area contributed by atoms with Crippen molar-refractivity contribution < 1.29 is 0 Å². The first-order chi connectivity index (χ1) is 13.9. The summed E-state index contributed by atoms with van der Waals surface area (Å²) in [5.74, 6) is 0.303. The van der Waals surface area contributed by atoms with E-state index >= 15 is 0 Å². The monoisotopic (exact) mass is 476 g/mol. The minimum Gasteiger partial charge on any atom is -0.299 e. The van der Waals surface area contributed by atoms with Crippen molar-refractivity contribution in [1.29, 1.82) is 0 Å². The molecule has 0 radical (unpaired) electrons. The predicted octanol–water partition coefficient (Wildman–Crippen LogP) is 3.40. The van der Waals surface area contributed by atoms with E-state index in [0.717, 1.165) is 10.0 Å². The molecule has 0 unspecified atom stereocenters. The van der Waals surface area contributed by atoms with E-state index in [0.29, 0.717) is 11.0 Å². The Balaban J connectivity index is 1.97. The van der Waals surface area contributed by atoms with Gasteiger partial charge in [0.05, 0.1) is 6.21 Å². The van der Waals surface area contributed by atoms with Crippen molar-refractivity contribution in [2.24, 2.45) is 12.1 Å². The number of aryl methyl sites for hydroxylation is 1. The second-order valence-corrected chi connectivity index (χ2v) is 7.65. The standard InChI is InChI=1S/C19H18BrClN6O2/c1-12(21)8-9-27-15-16(26(2)19(29)24-17(15)28)23-18(27)25-22-11-14(20)10-13-6-4-3-5-7-13/h3-8,10-11H,9H2,1-2H3,(H,23,25)(H,24,28,29)/b12-8-,14-10+,22-11+. The van der Waals surface area contributed by atoms with Crippen LogP contribution in [0.1, 0.15) is 12.5 Å². The van der Waals surface area contributed by atoms with Crippen LogP contribution in [0.15, 0.2) is 60.6 Å². The molecule has 0 amide bonds. The number of allylic oxidation sites excluding steroid dienone is 3. The van der Waals surface area contributed by atoms with Crippen molar-refractivity contribution in [3.05, 3.63) is 72.3 Å². The fraction of sp³-hybridized carbons (Fsp3) is 0.158. The van der Waals surface area contributed by atoms with E-state index in [1.807, 2.05) is 36.4 Å². The van der Waals surface area contributed by atoms with E-state index in [-0.39, 0.29) is 17.7 Å². The molecule has 0 spiro atoms. The highest BCUT2D eigenvalue weighted by molar-refractivity contribution is 9.12. The van der Waals surface area contributed by atoms with Gasteiger partial charge in [-0.3, -0.25) is 18.9 Å². The van der Waals surface area contributed by atoms with E-state index < -0.39 is 11.2 Å². The van der Waals surface area contributed by atoms with Crippen LogP contribution in [0.5, 0.6) is 0 Å². The van der Waals surface area contributed by atoms with E-state index in [9.17, 15) is 9.59 Å². The maximum absolute atomic E-state index is 12.3. The number of fused-ring (bicyclic) bond motifs is 1. The lowest BCUT2D eigenvalue weighted by atomic mass is 10.2. The zero-order valence-corrected chi connectivity index (χ0v) is 18.0. The maximum Gasteiger partial charge on any atom is 0.329 e. The molecule has 2 N–H and O–H groups in total. The molecule has 0 aliphatic heterocycles. The van der Waals surface area contributed by atoms with Crippen molar-refractivity contribution in [2.45, 2.75) is 13.5 Å². The van der Waals surface area contributed by atoms with Crippen LogP contribution < -0.4 is 16.7 Å². The molecule has 10 heteroatoms. The summed E-state index contributed by atoms with van der Waals surface area (Å²) in [4.78, 5) is 30.9. The summed E-state index contributed by atoms with van der Waals surface area (Å²) in [5.41, 5.74) is 3.27. The molecule has 0 bridgehead atoms. The van der Waals surface area contributed by atoms with Crippen LogP contribution in [-0.2, 0) is 13.6 Å². The first kappa shape index (κ1) is 20.8. The Morgan fingerprint density at radius 2 is 2.07 bits per heavy atom. The van der Waals surface area contributed by atoms with Crippen molar-refractivity contribution in [2.75, 3.05) is 5.43 Å². The molecule has 3 rings (SSSR count). The topological polar surface area (TPSA) is 97.1 Å². The number of aromatic amines is 1. The summed E-state index contributed by atoms with van der Waals surface area (Å²) in [7, 11) is 1.53. The SMILES string of the molecule is C/C(Cl)=C/Cn1c(N/N=C/C(Br)=C\c2ccccc2)nc2c1c(=O)[nH]c(=O)n2C. The molecule has 0 aliphatic carbocycles. The number of aromatic nitrogens is 4. The minimum absolute atomic E-state index is 0.246. The second-order valence-electron chi connectivity index (χ2n) is 6.14. The Kier molecular flexibility index (Phi) is 6.50. The molecule has 8 nitrogen and oxygen atoms in total. The number of benzene rings is 1. The van der Waals surface area contributed by atoms with Gasteiger partial charge in [0.15, 0.2) is 11.2 Å². The summed E-state index contributed by atoms with van der Waals surface area (Å²) < 4.78 is 3.61. The average molecular weight is 478 g/mol. The summed E-state index contributed by atoms with van der Waals surface area (Å²) in [6.07, 6.45) is 5.21. The van der Waals surface area contributed by atoms with Gasteiger partial charge in [-0.05, 0) is 34.5 Å². The predicted molar refractivity (Wildman–Crippen MR) is 121 cm³/mol. The largest absolute Gasteiger partial charge is 0.329 e. The molecule has 0 saturated heterocycles. The Bertz CT molecular complexity index is 1230. The number of H-pyrrole nitrogens is 1. The number of halogens is 2. The van der Waals surface area contributed by atoms with Gasteiger partial charge in [0.2, 0.25) is 5.95 Å². The average Bonchev–Trinajstić information content (AvgIpc) is 3.04. The third kappa shape index (κ3) is 4.93. The minimum atomic E-state index is -0.542. The maximum atomic E-state index is 12.3. The molecule has 0 atom stereocenters. The van der Waals surface area contributed by atoms with Gasteiger partial charge in [0, 0.05) is 23.1 Å². The zero-order chi connectivity index (χ0) is 21.0. The number of rotatable bonds is 6. The lowest BCUT2D eigenvalue weighted by Crippen LogP contribution is -2.29. The van der Waals surface area contributed by atoms with E-state index in [2.05, 4.69) is 36.4 Å². The first-order valence-electron chi connectivity index (χ1n) is 8.60. The highest BCUT2D eigenvalue weighted by atomic mass is 79.9. The molecule has 1 aromatic carbocycles. The van der Waals surface area contributed by atoms with Crippen LogP contribution in [0.25, 0.3) is 17.2 Å². The number of nitrogens with zero attached hydrogens (tertiary/aromatic N) is 4. The number of nitrogens with one attached hydrogen (secondary N) is 2. The normalized spacial score (nSPS) is 12.8. The Morgan fingerprint density at radius 3 is 2.76 bits per heavy atom. The van der Waals surface area contributed by atoms with Gasteiger partial charge in [0.1, 0.15) is 0 Å². The molecule has 2 aromatic heterocycles. The molecule has 0 saturated carbocycles. The Labute approximate surface area is 179 Å². The van der Waals surface area contributed by atoms with E-state index in [1.165, 1.54) is 11.6 Å².